The maximum atomic E-state index is 12.6. The number of hydrogen-bond donors (Lipinski definition) is 0. The summed E-state index contributed by atoms with van der Waals surface area (Å²) in [5.74, 6) is 1.38. The van der Waals surface area contributed by atoms with E-state index in [4.69, 9.17) is 11.2 Å². The maximum absolute atomic E-state index is 12.6. The average molecular weight is 439 g/mol. The van der Waals surface area contributed by atoms with Crippen LogP contribution in [0, 0.1) is 24.2 Å². The third-order valence-corrected chi connectivity index (χ3v) is 5.33. The number of carbonyl (C=O) groups excluding carboxylic acids is 1. The summed E-state index contributed by atoms with van der Waals surface area (Å²) in [5, 5.41) is 0. The van der Waals surface area contributed by atoms with Crippen molar-refractivity contribution in [2.75, 3.05) is 6.61 Å². The van der Waals surface area contributed by atoms with E-state index in [9.17, 15) is 26.7 Å². The fourth-order valence-electron chi connectivity index (χ4n) is 2.83. The van der Waals surface area contributed by atoms with Gasteiger partial charge in [0, 0.05) is 11.5 Å². The van der Waals surface area contributed by atoms with Gasteiger partial charge in [-0.15, -0.1) is 6.42 Å². The van der Waals surface area contributed by atoms with Crippen molar-refractivity contribution >= 4 is 5.97 Å². The van der Waals surface area contributed by atoms with Crippen LogP contribution in [0.15, 0.2) is 11.6 Å². The quantitative estimate of drug-likeness (QED) is 0.136. The van der Waals surface area contributed by atoms with Gasteiger partial charge in [0.25, 0.3) is 0 Å². The Hall–Kier alpha value is -1.58. The van der Waals surface area contributed by atoms with Gasteiger partial charge in [-0.25, -0.2) is 26.7 Å². The van der Waals surface area contributed by atoms with E-state index in [-0.39, 0.29) is 5.97 Å². The third kappa shape index (κ3) is 9.49. The number of rotatable bonds is 9. The molecule has 30 heavy (non-hydrogen) atoms. The van der Waals surface area contributed by atoms with E-state index in [1.54, 1.807) is 6.08 Å². The number of ether oxygens (including phenoxy) is 1. The molecular formula is C23H35F5O2. The maximum Gasteiger partial charge on any atom is 0.334 e. The van der Waals surface area contributed by atoms with Gasteiger partial charge in [-0.3, -0.25) is 0 Å². The summed E-state index contributed by atoms with van der Waals surface area (Å²) >= 11 is 0. The molecule has 0 aromatic carbocycles. The van der Waals surface area contributed by atoms with Crippen LogP contribution in [0.2, 0.25) is 0 Å². The number of hydrogen-bond acceptors (Lipinski definition) is 2. The van der Waals surface area contributed by atoms with E-state index in [0.29, 0.717) is 24.5 Å². The molecule has 5 atom stereocenters. The van der Waals surface area contributed by atoms with Crippen LogP contribution in [-0.4, -0.2) is 43.4 Å². The monoisotopic (exact) mass is 438 g/mol. The first-order chi connectivity index (χ1) is 14.1. The molecule has 1 rings (SSSR count). The molecule has 1 aliphatic rings. The smallest absolute Gasteiger partial charge is 0.334 e. The Kier molecular flexibility index (Phi) is 14.5. The Morgan fingerprint density at radius 1 is 1.03 bits per heavy atom. The highest BCUT2D eigenvalue weighted by atomic mass is 19.2. The molecule has 0 spiro atoms. The summed E-state index contributed by atoms with van der Waals surface area (Å²) in [4.78, 5) is 11.8. The summed E-state index contributed by atoms with van der Waals surface area (Å²) < 4.78 is 67.9. The van der Waals surface area contributed by atoms with Crippen LogP contribution < -0.4 is 0 Å². The predicted molar refractivity (Wildman–Crippen MR) is 110 cm³/mol. The lowest BCUT2D eigenvalue weighted by atomic mass is 9.83. The molecular weight excluding hydrogens is 403 g/mol. The Morgan fingerprint density at radius 2 is 1.57 bits per heavy atom. The average Bonchev–Trinajstić information content (AvgIpc) is 2.75. The molecule has 0 saturated heterocycles. The molecule has 5 unspecified atom stereocenters. The lowest BCUT2D eigenvalue weighted by Crippen LogP contribution is -2.52. The van der Waals surface area contributed by atoms with E-state index in [2.05, 4.69) is 26.7 Å². The fourth-order valence-corrected chi connectivity index (χ4v) is 2.83. The number of carbonyl (C=O) groups is 1. The highest BCUT2D eigenvalue weighted by molar-refractivity contribution is 5.89. The molecule has 174 valence electrons. The zero-order chi connectivity index (χ0) is 23.3. The predicted octanol–water partition coefficient (Wildman–Crippen LogP) is 6.43. The summed E-state index contributed by atoms with van der Waals surface area (Å²) in [7, 11) is 0. The largest absolute Gasteiger partial charge is 0.462 e. The van der Waals surface area contributed by atoms with Gasteiger partial charge in [-0.05, 0) is 31.3 Å². The van der Waals surface area contributed by atoms with Crippen LogP contribution in [0.5, 0.6) is 0 Å². The molecule has 1 fully saturated rings. The number of unbranched alkanes of at least 4 members (excludes halogenated alkanes) is 2. The minimum absolute atomic E-state index is 0.243. The van der Waals surface area contributed by atoms with E-state index in [0.717, 1.165) is 39.0 Å². The number of terminal acetylenes is 1. The zero-order valence-corrected chi connectivity index (χ0v) is 18.4. The molecule has 1 saturated carbocycles. The van der Waals surface area contributed by atoms with Crippen molar-refractivity contribution in [3.63, 3.8) is 0 Å². The first kappa shape index (κ1) is 28.4. The van der Waals surface area contributed by atoms with Crippen LogP contribution in [0.4, 0.5) is 22.0 Å². The van der Waals surface area contributed by atoms with Gasteiger partial charge in [-0.2, -0.15) is 0 Å². The topological polar surface area (TPSA) is 26.3 Å². The van der Waals surface area contributed by atoms with Gasteiger partial charge >= 0.3 is 5.97 Å². The Balaban J connectivity index is 0.000000604. The first-order valence-corrected chi connectivity index (χ1v) is 10.6. The van der Waals surface area contributed by atoms with Crippen molar-refractivity contribution in [3.8, 4) is 12.3 Å². The third-order valence-electron chi connectivity index (χ3n) is 5.33. The Bertz CT molecular complexity index is 502. The van der Waals surface area contributed by atoms with Crippen molar-refractivity contribution in [1.82, 2.24) is 0 Å². The molecule has 0 N–H and O–H groups in total. The first-order valence-electron chi connectivity index (χ1n) is 10.6. The molecule has 0 bridgehead atoms. The molecule has 0 heterocycles. The highest BCUT2D eigenvalue weighted by Gasteiger charge is 2.51. The van der Waals surface area contributed by atoms with Crippen molar-refractivity contribution in [2.45, 2.75) is 97.1 Å². The molecule has 0 radical (unpaired) electrons. The van der Waals surface area contributed by atoms with E-state index in [1.165, 1.54) is 0 Å². The van der Waals surface area contributed by atoms with Gasteiger partial charge in [-0.1, -0.05) is 52.9 Å². The number of alkyl halides is 5. The van der Waals surface area contributed by atoms with Crippen LogP contribution in [0.3, 0.4) is 0 Å². The number of esters is 1. The van der Waals surface area contributed by atoms with E-state index >= 15 is 0 Å². The van der Waals surface area contributed by atoms with Gasteiger partial charge in [0.05, 0.1) is 6.61 Å². The molecule has 0 aliphatic heterocycles. The van der Waals surface area contributed by atoms with Crippen LogP contribution in [0.1, 0.15) is 66.2 Å². The zero-order valence-electron chi connectivity index (χ0n) is 18.4. The summed E-state index contributed by atoms with van der Waals surface area (Å²) in [6, 6.07) is 0. The van der Waals surface area contributed by atoms with Crippen LogP contribution in [0.25, 0.3) is 0 Å². The minimum Gasteiger partial charge on any atom is -0.462 e. The molecule has 0 amide bonds. The van der Waals surface area contributed by atoms with Crippen LogP contribution in [-0.2, 0) is 9.53 Å². The lowest BCUT2D eigenvalue weighted by molar-refractivity contribution is -0.139. The summed E-state index contributed by atoms with van der Waals surface area (Å²) in [6.45, 7) is 7.98. The Morgan fingerprint density at radius 3 is 2.03 bits per heavy atom. The second kappa shape index (κ2) is 15.3. The number of halogens is 5. The van der Waals surface area contributed by atoms with Gasteiger partial charge in [0.1, 0.15) is 12.3 Å². The van der Waals surface area contributed by atoms with Crippen molar-refractivity contribution in [2.24, 2.45) is 11.8 Å². The molecule has 0 aromatic heterocycles. The molecule has 1 aliphatic carbocycles. The van der Waals surface area contributed by atoms with E-state index in [1.807, 2.05) is 0 Å². The van der Waals surface area contributed by atoms with Crippen molar-refractivity contribution in [1.29, 1.82) is 0 Å². The second-order valence-corrected chi connectivity index (χ2v) is 7.81. The van der Waals surface area contributed by atoms with E-state index < -0.39 is 36.8 Å². The normalized spacial score (nSPS) is 29.9. The van der Waals surface area contributed by atoms with Gasteiger partial charge < -0.3 is 4.74 Å². The lowest BCUT2D eigenvalue weighted by Gasteiger charge is -2.34. The SMILES string of the molecule is C#C/C=C(\CCC(C)CC)C(=O)OCCCCC.CC1C(F)C(F)C(F)C(F)C1F. The number of allylic oxidation sites excluding steroid dienone is 1. The van der Waals surface area contributed by atoms with Gasteiger partial charge in [0.2, 0.25) is 0 Å². The second-order valence-electron chi connectivity index (χ2n) is 7.81. The summed E-state index contributed by atoms with van der Waals surface area (Å²) in [6.07, 6.45) is 0.501. The van der Waals surface area contributed by atoms with Crippen molar-refractivity contribution in [3.05, 3.63) is 11.6 Å². The summed E-state index contributed by atoms with van der Waals surface area (Å²) in [5.41, 5.74) is 0.634. The molecule has 0 aromatic rings. The van der Waals surface area contributed by atoms with Crippen molar-refractivity contribution < 1.29 is 31.5 Å². The molecule has 7 heteroatoms. The van der Waals surface area contributed by atoms with Crippen LogP contribution >= 0.6 is 0 Å². The van der Waals surface area contributed by atoms with Gasteiger partial charge in [0.15, 0.2) is 18.5 Å². The highest BCUT2D eigenvalue weighted by Crippen LogP contribution is 2.35. The standard InChI is InChI=1S/C16H26O2.C7H9F5/c1-5-8-9-13-18-16(17)15(10-6-2)12-11-14(4)7-3;1-2-3(8)5(10)7(12)6(11)4(2)9/h2,10,14H,5,7-9,11-13H2,1,3-4H3;2-7H,1H3/b15-10+;. The fraction of sp³-hybridized carbons (Fsp3) is 0.783. The molecule has 2 nitrogen and oxygen atoms in total. The Labute approximate surface area is 177 Å². The minimum atomic E-state index is -2.67.